The molecule has 0 aromatic heterocycles. The van der Waals surface area contributed by atoms with E-state index in [2.05, 4.69) is 28.6 Å². The quantitative estimate of drug-likeness (QED) is 0.130. The van der Waals surface area contributed by atoms with Gasteiger partial charge in [-0.3, -0.25) is 14.4 Å². The molecule has 8 N–H and O–H groups in total. The van der Waals surface area contributed by atoms with Gasteiger partial charge in [0.05, 0.1) is 6.04 Å². The van der Waals surface area contributed by atoms with Gasteiger partial charge >= 0.3 is 5.97 Å². The Kier molecular flexibility index (Phi) is 13.2. The average molecular weight is 496 g/mol. The lowest BCUT2D eigenvalue weighted by Gasteiger charge is -2.25. The number of rotatable bonds is 15. The fraction of sp³-hybridized carbons (Fsp3) is 0.565. The summed E-state index contributed by atoms with van der Waals surface area (Å²) in [6, 6.07) is 4.99. The van der Waals surface area contributed by atoms with Crippen LogP contribution in [0.4, 0.5) is 0 Å². The van der Waals surface area contributed by atoms with E-state index < -0.39 is 47.9 Å². The van der Waals surface area contributed by atoms with E-state index in [1.807, 2.05) is 6.07 Å². The van der Waals surface area contributed by atoms with Crippen molar-refractivity contribution in [3.05, 3.63) is 35.9 Å². The van der Waals surface area contributed by atoms with Crippen LogP contribution in [0.1, 0.15) is 38.7 Å². The number of carbonyl (C=O) groups excluding carboxylic acids is 3. The highest BCUT2D eigenvalue weighted by atomic mass is 32.1. The van der Waals surface area contributed by atoms with Crippen LogP contribution in [0.25, 0.3) is 0 Å². The summed E-state index contributed by atoms with van der Waals surface area (Å²) in [7, 11) is 0. The second kappa shape index (κ2) is 15.3. The fourth-order valence-electron chi connectivity index (χ4n) is 3.21. The highest BCUT2D eigenvalue weighted by molar-refractivity contribution is 7.80. The minimum Gasteiger partial charge on any atom is -0.480 e. The zero-order chi connectivity index (χ0) is 25.7. The summed E-state index contributed by atoms with van der Waals surface area (Å²) in [6.45, 7) is 3.85. The molecule has 34 heavy (non-hydrogen) atoms. The van der Waals surface area contributed by atoms with Gasteiger partial charge < -0.3 is 32.5 Å². The first kappa shape index (κ1) is 29.4. The average Bonchev–Trinajstić information content (AvgIpc) is 2.80. The van der Waals surface area contributed by atoms with Crippen molar-refractivity contribution in [3.63, 3.8) is 0 Å². The van der Waals surface area contributed by atoms with Crippen molar-refractivity contribution in [3.8, 4) is 0 Å². The van der Waals surface area contributed by atoms with Gasteiger partial charge in [0.15, 0.2) is 0 Å². The maximum absolute atomic E-state index is 13.0. The molecule has 10 nitrogen and oxygen atoms in total. The van der Waals surface area contributed by atoms with Crippen molar-refractivity contribution in [2.75, 3.05) is 12.3 Å². The Hall–Kier alpha value is -2.63. The van der Waals surface area contributed by atoms with Crippen LogP contribution in [0.15, 0.2) is 30.3 Å². The van der Waals surface area contributed by atoms with E-state index in [9.17, 15) is 24.3 Å². The maximum atomic E-state index is 13.0. The maximum Gasteiger partial charge on any atom is 0.326 e. The molecule has 1 aromatic carbocycles. The molecule has 3 amide bonds. The Morgan fingerprint density at radius 1 is 0.941 bits per heavy atom. The molecule has 0 spiro atoms. The lowest BCUT2D eigenvalue weighted by molar-refractivity contribution is -0.143. The third-order valence-corrected chi connectivity index (χ3v) is 5.63. The largest absolute Gasteiger partial charge is 0.480 e. The molecule has 0 saturated carbocycles. The third kappa shape index (κ3) is 10.1. The van der Waals surface area contributed by atoms with Gasteiger partial charge in [0.2, 0.25) is 17.7 Å². The lowest BCUT2D eigenvalue weighted by atomic mass is 10.0. The molecule has 4 unspecified atom stereocenters. The van der Waals surface area contributed by atoms with Crippen molar-refractivity contribution in [1.29, 1.82) is 0 Å². The molecule has 0 aliphatic heterocycles. The molecule has 0 aliphatic rings. The van der Waals surface area contributed by atoms with E-state index in [0.29, 0.717) is 19.4 Å². The summed E-state index contributed by atoms with van der Waals surface area (Å²) in [5.74, 6) is -3.31. The molecule has 0 aliphatic carbocycles. The number of carboxylic acid groups (broad SMARTS) is 1. The highest BCUT2D eigenvalue weighted by Gasteiger charge is 2.31. The van der Waals surface area contributed by atoms with Crippen molar-refractivity contribution in [1.82, 2.24) is 16.0 Å². The molecule has 0 radical (unpaired) electrons. The van der Waals surface area contributed by atoms with Crippen LogP contribution in [0.5, 0.6) is 0 Å². The van der Waals surface area contributed by atoms with Crippen LogP contribution in [-0.2, 0) is 25.6 Å². The van der Waals surface area contributed by atoms with E-state index in [4.69, 9.17) is 11.5 Å². The minimum absolute atomic E-state index is 0.0173. The first-order valence-electron chi connectivity index (χ1n) is 11.3. The van der Waals surface area contributed by atoms with Gasteiger partial charge in [-0.05, 0) is 30.9 Å². The van der Waals surface area contributed by atoms with E-state index in [-0.39, 0.29) is 18.1 Å². The van der Waals surface area contributed by atoms with Crippen molar-refractivity contribution in [2.45, 2.75) is 63.7 Å². The number of amides is 3. The number of aliphatic carboxylic acids is 1. The van der Waals surface area contributed by atoms with Gasteiger partial charge in [0.25, 0.3) is 0 Å². The van der Waals surface area contributed by atoms with E-state index in [1.165, 1.54) is 0 Å². The van der Waals surface area contributed by atoms with Crippen LogP contribution < -0.4 is 27.4 Å². The molecule has 11 heteroatoms. The smallest absolute Gasteiger partial charge is 0.326 e. The SMILES string of the molecule is CC(C)C(NC(=O)C(Cc1ccccc1)NC(=O)C(CS)NC(=O)C(N)CCCCN)C(=O)O. The van der Waals surface area contributed by atoms with Gasteiger partial charge in [0, 0.05) is 12.2 Å². The predicted octanol–water partition coefficient (Wildman–Crippen LogP) is -0.190. The number of unbranched alkanes of at least 4 members (excludes halogenated alkanes) is 1. The summed E-state index contributed by atoms with van der Waals surface area (Å²) in [5, 5.41) is 17.1. The number of thiol groups is 1. The first-order valence-corrected chi connectivity index (χ1v) is 12.0. The second-order valence-electron chi connectivity index (χ2n) is 8.45. The Labute approximate surface area is 206 Å². The molecule has 1 rings (SSSR count). The lowest BCUT2D eigenvalue weighted by Crippen LogP contribution is -2.58. The molecular formula is C23H37N5O5S. The summed E-state index contributed by atoms with van der Waals surface area (Å²) in [5.41, 5.74) is 12.1. The van der Waals surface area contributed by atoms with Crippen molar-refractivity contribution in [2.24, 2.45) is 17.4 Å². The summed E-state index contributed by atoms with van der Waals surface area (Å²) in [6.07, 6.45) is 1.98. The Morgan fingerprint density at radius 3 is 2.06 bits per heavy atom. The minimum atomic E-state index is -1.17. The van der Waals surface area contributed by atoms with Gasteiger partial charge in [-0.15, -0.1) is 0 Å². The topological polar surface area (TPSA) is 177 Å². The molecule has 4 atom stereocenters. The molecular weight excluding hydrogens is 458 g/mol. The number of hydrogen-bond acceptors (Lipinski definition) is 7. The normalized spacial score (nSPS) is 14.5. The number of carbonyl (C=O) groups is 4. The zero-order valence-electron chi connectivity index (χ0n) is 19.7. The number of carboxylic acids is 1. The van der Waals surface area contributed by atoms with E-state index in [0.717, 1.165) is 12.0 Å². The van der Waals surface area contributed by atoms with Crippen LogP contribution in [0.3, 0.4) is 0 Å². The third-order valence-electron chi connectivity index (χ3n) is 5.27. The van der Waals surface area contributed by atoms with Crippen LogP contribution in [0.2, 0.25) is 0 Å². The summed E-state index contributed by atoms with van der Waals surface area (Å²) < 4.78 is 0. The van der Waals surface area contributed by atoms with Gasteiger partial charge in [-0.2, -0.15) is 12.6 Å². The second-order valence-corrected chi connectivity index (χ2v) is 8.82. The van der Waals surface area contributed by atoms with Crippen molar-refractivity contribution >= 4 is 36.3 Å². The Morgan fingerprint density at radius 2 is 1.53 bits per heavy atom. The molecule has 1 aromatic rings. The highest BCUT2D eigenvalue weighted by Crippen LogP contribution is 2.08. The van der Waals surface area contributed by atoms with Crippen LogP contribution in [-0.4, -0.2) is 65.3 Å². The Balaban J connectivity index is 2.94. The van der Waals surface area contributed by atoms with Crippen LogP contribution in [0, 0.1) is 5.92 Å². The molecule has 190 valence electrons. The molecule has 0 fully saturated rings. The van der Waals surface area contributed by atoms with Gasteiger partial charge in [-0.1, -0.05) is 50.6 Å². The number of hydrogen-bond donors (Lipinski definition) is 7. The van der Waals surface area contributed by atoms with Gasteiger partial charge in [-0.25, -0.2) is 4.79 Å². The van der Waals surface area contributed by atoms with E-state index >= 15 is 0 Å². The Bertz CT molecular complexity index is 808. The fourth-order valence-corrected chi connectivity index (χ4v) is 3.47. The standard InChI is InChI=1S/C23H37N5O5S/c1-14(2)19(23(32)33)28-21(30)17(12-15-8-4-3-5-9-15)26-22(31)18(13-34)27-20(29)16(25)10-6-7-11-24/h3-5,8-9,14,16-19,34H,6-7,10-13,24-25H2,1-2H3,(H,26,31)(H,27,29)(H,28,30)(H,32,33). The van der Waals surface area contributed by atoms with Gasteiger partial charge in [0.1, 0.15) is 18.1 Å². The summed E-state index contributed by atoms with van der Waals surface area (Å²) in [4.78, 5) is 49.8. The predicted molar refractivity (Wildman–Crippen MR) is 133 cm³/mol. The molecule has 0 bridgehead atoms. The van der Waals surface area contributed by atoms with E-state index in [1.54, 1.807) is 38.1 Å². The molecule has 0 heterocycles. The number of benzene rings is 1. The first-order chi connectivity index (χ1) is 16.1. The number of nitrogens with two attached hydrogens (primary N) is 2. The number of nitrogens with one attached hydrogen (secondary N) is 3. The monoisotopic (exact) mass is 495 g/mol. The summed E-state index contributed by atoms with van der Waals surface area (Å²) >= 11 is 4.16. The van der Waals surface area contributed by atoms with Crippen LogP contribution >= 0.6 is 12.6 Å². The zero-order valence-corrected chi connectivity index (χ0v) is 20.6. The van der Waals surface area contributed by atoms with Crippen molar-refractivity contribution < 1.29 is 24.3 Å². The molecule has 0 saturated heterocycles.